The maximum absolute atomic E-state index is 11.4. The molecule has 2 fully saturated rings. The highest BCUT2D eigenvalue weighted by Crippen LogP contribution is 2.50. The van der Waals surface area contributed by atoms with Crippen molar-refractivity contribution in [3.63, 3.8) is 0 Å². The molecule has 2 aliphatic rings. The third kappa shape index (κ3) is 3.51. The number of aliphatic carboxylic acids is 1. The maximum Gasteiger partial charge on any atom is 0.335 e. The lowest BCUT2D eigenvalue weighted by Gasteiger charge is -2.11. The zero-order valence-corrected chi connectivity index (χ0v) is 16.1. The van der Waals surface area contributed by atoms with Gasteiger partial charge in [-0.1, -0.05) is 37.8 Å². The van der Waals surface area contributed by atoms with E-state index in [0.29, 0.717) is 6.42 Å². The van der Waals surface area contributed by atoms with Gasteiger partial charge in [0, 0.05) is 22.0 Å². The van der Waals surface area contributed by atoms with Crippen LogP contribution in [0.2, 0.25) is 0 Å². The highest BCUT2D eigenvalue weighted by atomic mass is 16.4. The van der Waals surface area contributed by atoms with Gasteiger partial charge in [-0.05, 0) is 73.8 Å². The lowest BCUT2D eigenvalue weighted by atomic mass is 9.94. The number of aromatic amines is 1. The number of carbonyl (C=O) groups is 1. The molecule has 0 unspecified atom stereocenters. The lowest BCUT2D eigenvalue weighted by molar-refractivity contribution is -0.132. The molecule has 1 heterocycles. The number of carboxylic acid groups (broad SMARTS) is 1. The predicted molar refractivity (Wildman–Crippen MR) is 110 cm³/mol. The van der Waals surface area contributed by atoms with Crippen LogP contribution in [0.1, 0.15) is 62.3 Å². The Morgan fingerprint density at radius 1 is 1.37 bits per heavy atom. The van der Waals surface area contributed by atoms with Gasteiger partial charge in [-0.15, -0.1) is 0 Å². The lowest BCUT2D eigenvalue weighted by Crippen LogP contribution is -2.05. The summed E-state index contributed by atoms with van der Waals surface area (Å²) in [5, 5.41) is 10.6. The maximum atomic E-state index is 11.4. The highest BCUT2D eigenvalue weighted by Gasteiger charge is 2.42. The second-order valence-electron chi connectivity index (χ2n) is 8.36. The molecule has 0 atom stereocenters. The van der Waals surface area contributed by atoms with Crippen LogP contribution < -0.4 is 0 Å². The number of rotatable bonds is 7. The van der Waals surface area contributed by atoms with Crippen molar-refractivity contribution in [2.24, 2.45) is 0 Å². The number of hydrogen-bond acceptors (Lipinski definition) is 1. The SMILES string of the molecule is C=C(/C=C(\C=C/C)C(=O)O)Cc1c(C2(C)CC2)[nH]c2cc(C3CC3)ccc12. The van der Waals surface area contributed by atoms with E-state index in [4.69, 9.17) is 0 Å². The monoisotopic (exact) mass is 361 g/mol. The van der Waals surface area contributed by atoms with Gasteiger partial charge in [-0.2, -0.15) is 0 Å². The van der Waals surface area contributed by atoms with Crippen molar-refractivity contribution in [3.05, 3.63) is 71.0 Å². The number of fused-ring (bicyclic) bond motifs is 1. The van der Waals surface area contributed by atoms with Gasteiger partial charge in [0.05, 0.1) is 5.57 Å². The summed E-state index contributed by atoms with van der Waals surface area (Å²) in [5.41, 5.74) is 6.54. The molecule has 0 spiro atoms. The van der Waals surface area contributed by atoms with Gasteiger partial charge in [-0.25, -0.2) is 4.79 Å². The molecule has 3 nitrogen and oxygen atoms in total. The van der Waals surface area contributed by atoms with Gasteiger partial charge < -0.3 is 10.1 Å². The molecule has 2 aromatic rings. The Bertz CT molecular complexity index is 981. The Morgan fingerprint density at radius 3 is 2.70 bits per heavy atom. The molecular weight excluding hydrogens is 334 g/mol. The number of H-pyrrole nitrogens is 1. The summed E-state index contributed by atoms with van der Waals surface area (Å²) in [6.45, 7) is 8.28. The molecular formula is C24H27NO2. The second-order valence-corrected chi connectivity index (χ2v) is 8.36. The molecule has 0 bridgehead atoms. The van der Waals surface area contributed by atoms with Crippen molar-refractivity contribution in [1.29, 1.82) is 0 Å². The average Bonchev–Trinajstić information content (AvgIpc) is 3.55. The van der Waals surface area contributed by atoms with Gasteiger partial charge in [0.15, 0.2) is 0 Å². The van der Waals surface area contributed by atoms with Gasteiger partial charge in [0.2, 0.25) is 0 Å². The minimum Gasteiger partial charge on any atom is -0.478 e. The second kappa shape index (κ2) is 6.56. The fraction of sp³-hybridized carbons (Fsp3) is 0.375. The van der Waals surface area contributed by atoms with Gasteiger partial charge in [0.1, 0.15) is 0 Å². The quantitative estimate of drug-likeness (QED) is 0.485. The normalized spacial score (nSPS) is 19.0. The van der Waals surface area contributed by atoms with Gasteiger partial charge in [0.25, 0.3) is 0 Å². The molecule has 2 aliphatic carbocycles. The highest BCUT2D eigenvalue weighted by molar-refractivity contribution is 5.91. The number of allylic oxidation sites excluding steroid dienone is 3. The minimum absolute atomic E-state index is 0.219. The van der Waals surface area contributed by atoms with Crippen molar-refractivity contribution in [1.82, 2.24) is 4.98 Å². The third-order valence-electron chi connectivity index (χ3n) is 5.94. The first-order chi connectivity index (χ1) is 12.9. The first kappa shape index (κ1) is 17.8. The van der Waals surface area contributed by atoms with E-state index in [9.17, 15) is 9.90 Å². The van der Waals surface area contributed by atoms with Crippen LogP contribution in [0.5, 0.6) is 0 Å². The van der Waals surface area contributed by atoms with Crippen LogP contribution in [0.4, 0.5) is 0 Å². The molecule has 0 saturated heterocycles. The molecule has 2 saturated carbocycles. The van der Waals surface area contributed by atoms with E-state index in [0.717, 1.165) is 11.5 Å². The van der Waals surface area contributed by atoms with Crippen LogP contribution in [0, 0.1) is 0 Å². The van der Waals surface area contributed by atoms with E-state index in [-0.39, 0.29) is 11.0 Å². The number of hydrogen-bond donors (Lipinski definition) is 2. The molecule has 0 radical (unpaired) electrons. The molecule has 140 valence electrons. The zero-order chi connectivity index (χ0) is 19.2. The van der Waals surface area contributed by atoms with Gasteiger partial charge in [-0.3, -0.25) is 0 Å². The van der Waals surface area contributed by atoms with E-state index >= 15 is 0 Å². The van der Waals surface area contributed by atoms with Crippen LogP contribution in [0.25, 0.3) is 10.9 Å². The van der Waals surface area contributed by atoms with Crippen LogP contribution in [-0.4, -0.2) is 16.1 Å². The summed E-state index contributed by atoms with van der Waals surface area (Å²) in [7, 11) is 0. The number of nitrogens with one attached hydrogen (secondary N) is 1. The van der Waals surface area contributed by atoms with E-state index < -0.39 is 5.97 Å². The fourth-order valence-electron chi connectivity index (χ4n) is 3.94. The van der Waals surface area contributed by atoms with Crippen molar-refractivity contribution in [2.75, 3.05) is 0 Å². The molecule has 27 heavy (non-hydrogen) atoms. The van der Waals surface area contributed by atoms with Crippen LogP contribution in [0.3, 0.4) is 0 Å². The van der Waals surface area contributed by atoms with Crippen molar-refractivity contribution < 1.29 is 9.90 Å². The number of carboxylic acids is 1. The Hall–Kier alpha value is -2.55. The van der Waals surface area contributed by atoms with E-state index in [1.54, 1.807) is 18.2 Å². The third-order valence-corrected chi connectivity index (χ3v) is 5.94. The standard InChI is InChI=1S/C24H27NO2/c1-4-5-18(23(26)27)12-15(2)13-20-19-9-8-17(16-6-7-16)14-21(19)25-22(20)24(3)10-11-24/h4-5,8-9,12,14,16,25H,2,6-7,10-11,13H2,1,3H3,(H,26,27)/b5-4-,18-12+. The fourth-order valence-corrected chi connectivity index (χ4v) is 3.94. The Morgan fingerprint density at radius 2 is 2.11 bits per heavy atom. The largest absolute Gasteiger partial charge is 0.478 e. The summed E-state index contributed by atoms with van der Waals surface area (Å²) in [4.78, 5) is 15.1. The summed E-state index contributed by atoms with van der Waals surface area (Å²) in [6.07, 6.45) is 10.7. The molecule has 2 N–H and O–H groups in total. The Balaban J connectivity index is 1.72. The first-order valence-electron chi connectivity index (χ1n) is 9.82. The molecule has 1 aromatic heterocycles. The summed E-state index contributed by atoms with van der Waals surface area (Å²) >= 11 is 0. The van der Waals surface area contributed by atoms with Crippen molar-refractivity contribution in [2.45, 2.75) is 57.3 Å². The Kier molecular flexibility index (Phi) is 4.33. The summed E-state index contributed by atoms with van der Waals surface area (Å²) < 4.78 is 0. The molecule has 4 rings (SSSR count). The molecule has 1 aromatic carbocycles. The van der Waals surface area contributed by atoms with E-state index in [2.05, 4.69) is 36.7 Å². The van der Waals surface area contributed by atoms with Gasteiger partial charge >= 0.3 is 5.97 Å². The van der Waals surface area contributed by atoms with Crippen LogP contribution >= 0.6 is 0 Å². The van der Waals surface area contributed by atoms with Crippen LogP contribution in [0.15, 0.2) is 54.2 Å². The topological polar surface area (TPSA) is 53.1 Å². The van der Waals surface area contributed by atoms with Crippen molar-refractivity contribution in [3.8, 4) is 0 Å². The zero-order valence-electron chi connectivity index (χ0n) is 16.1. The molecule has 0 amide bonds. The smallest absolute Gasteiger partial charge is 0.335 e. The first-order valence-corrected chi connectivity index (χ1v) is 9.82. The molecule has 3 heteroatoms. The molecule has 0 aliphatic heterocycles. The van der Waals surface area contributed by atoms with E-state index in [1.807, 2.05) is 6.92 Å². The van der Waals surface area contributed by atoms with Crippen molar-refractivity contribution >= 4 is 16.9 Å². The predicted octanol–water partition coefficient (Wildman–Crippen LogP) is 5.78. The van der Waals surface area contributed by atoms with Crippen LogP contribution in [-0.2, 0) is 16.6 Å². The van der Waals surface area contributed by atoms with E-state index in [1.165, 1.54) is 53.4 Å². The summed E-state index contributed by atoms with van der Waals surface area (Å²) in [6, 6.07) is 6.81. The number of benzene rings is 1. The summed E-state index contributed by atoms with van der Waals surface area (Å²) in [5.74, 6) is -0.186. The minimum atomic E-state index is -0.920. The Labute approximate surface area is 160 Å². The number of aromatic nitrogens is 1. The average molecular weight is 361 g/mol.